The summed E-state index contributed by atoms with van der Waals surface area (Å²) in [4.78, 5) is 11.1. The Balaban J connectivity index is 2.21. The molecule has 1 aliphatic rings. The fourth-order valence-corrected chi connectivity index (χ4v) is 1.98. The van der Waals surface area contributed by atoms with E-state index in [1.807, 2.05) is 37.3 Å². The van der Waals surface area contributed by atoms with E-state index in [0.29, 0.717) is 5.92 Å². The Morgan fingerprint density at radius 2 is 1.81 bits per heavy atom. The Hall–Kier alpha value is -1.63. The number of carbonyl (C=O) groups is 1. The standard InChI is InChI=1S/C15H16O/c1-2-15(12-16)10-8-14(9-11-15)13-6-4-3-5-7-13/h3-12,14H,2H2,1H3. The summed E-state index contributed by atoms with van der Waals surface area (Å²) in [6, 6.07) is 10.3. The number of hydrogen-bond acceptors (Lipinski definition) is 1. The van der Waals surface area contributed by atoms with Crippen LogP contribution in [0.15, 0.2) is 54.6 Å². The second kappa shape index (κ2) is 4.48. The van der Waals surface area contributed by atoms with Crippen LogP contribution >= 0.6 is 0 Å². The van der Waals surface area contributed by atoms with Crippen molar-refractivity contribution in [3.8, 4) is 0 Å². The molecule has 0 spiro atoms. The van der Waals surface area contributed by atoms with Gasteiger partial charge in [0.2, 0.25) is 0 Å². The molecule has 0 atom stereocenters. The summed E-state index contributed by atoms with van der Waals surface area (Å²) < 4.78 is 0. The van der Waals surface area contributed by atoms with Gasteiger partial charge in [-0.15, -0.1) is 0 Å². The first-order valence-electron chi connectivity index (χ1n) is 5.70. The third-order valence-corrected chi connectivity index (χ3v) is 3.24. The van der Waals surface area contributed by atoms with Crippen LogP contribution in [-0.2, 0) is 4.79 Å². The lowest BCUT2D eigenvalue weighted by molar-refractivity contribution is -0.112. The lowest BCUT2D eigenvalue weighted by Crippen LogP contribution is -2.18. The molecule has 0 bridgehead atoms. The number of aldehydes is 1. The Kier molecular flexibility index (Phi) is 3.04. The Labute approximate surface area is 96.5 Å². The lowest BCUT2D eigenvalue weighted by atomic mass is 9.79. The van der Waals surface area contributed by atoms with Crippen LogP contribution in [0.2, 0.25) is 0 Å². The minimum atomic E-state index is -0.370. The van der Waals surface area contributed by atoms with Crippen molar-refractivity contribution in [1.82, 2.24) is 0 Å². The van der Waals surface area contributed by atoms with Crippen LogP contribution in [0.25, 0.3) is 0 Å². The average molecular weight is 212 g/mol. The van der Waals surface area contributed by atoms with Gasteiger partial charge in [-0.2, -0.15) is 0 Å². The van der Waals surface area contributed by atoms with E-state index in [1.165, 1.54) is 5.56 Å². The molecule has 0 heterocycles. The summed E-state index contributed by atoms with van der Waals surface area (Å²) in [7, 11) is 0. The molecule has 0 fully saturated rings. The van der Waals surface area contributed by atoms with E-state index in [9.17, 15) is 4.79 Å². The van der Waals surface area contributed by atoms with Gasteiger partial charge in [-0.25, -0.2) is 0 Å². The van der Waals surface area contributed by atoms with Crippen molar-refractivity contribution in [3.05, 3.63) is 60.2 Å². The van der Waals surface area contributed by atoms with Gasteiger partial charge in [-0.3, -0.25) is 0 Å². The monoisotopic (exact) mass is 212 g/mol. The molecule has 0 saturated heterocycles. The molecule has 16 heavy (non-hydrogen) atoms. The van der Waals surface area contributed by atoms with Crippen LogP contribution in [0, 0.1) is 5.41 Å². The largest absolute Gasteiger partial charge is 0.302 e. The highest BCUT2D eigenvalue weighted by Crippen LogP contribution is 2.32. The third-order valence-electron chi connectivity index (χ3n) is 3.24. The molecule has 0 amide bonds. The Morgan fingerprint density at radius 3 is 2.31 bits per heavy atom. The van der Waals surface area contributed by atoms with Crippen molar-refractivity contribution < 1.29 is 4.79 Å². The Bertz CT molecular complexity index is 400. The van der Waals surface area contributed by atoms with E-state index in [4.69, 9.17) is 0 Å². The van der Waals surface area contributed by atoms with Gasteiger partial charge in [0.15, 0.2) is 0 Å². The third kappa shape index (κ3) is 1.99. The van der Waals surface area contributed by atoms with Crippen molar-refractivity contribution in [1.29, 1.82) is 0 Å². The van der Waals surface area contributed by atoms with Crippen LogP contribution in [-0.4, -0.2) is 6.29 Å². The maximum atomic E-state index is 11.1. The fraction of sp³-hybridized carbons (Fsp3) is 0.267. The highest BCUT2D eigenvalue weighted by molar-refractivity contribution is 5.67. The van der Waals surface area contributed by atoms with Gasteiger partial charge >= 0.3 is 0 Å². The van der Waals surface area contributed by atoms with Crippen LogP contribution in [0.1, 0.15) is 24.8 Å². The molecule has 82 valence electrons. The average Bonchev–Trinajstić information content (AvgIpc) is 2.40. The van der Waals surface area contributed by atoms with E-state index in [-0.39, 0.29) is 5.41 Å². The van der Waals surface area contributed by atoms with Crippen molar-refractivity contribution in [2.24, 2.45) is 5.41 Å². The first-order valence-corrected chi connectivity index (χ1v) is 5.70. The molecule has 1 nitrogen and oxygen atoms in total. The van der Waals surface area contributed by atoms with Crippen molar-refractivity contribution in [2.75, 3.05) is 0 Å². The molecular weight excluding hydrogens is 196 g/mol. The van der Waals surface area contributed by atoms with Gasteiger partial charge < -0.3 is 4.79 Å². The first-order chi connectivity index (χ1) is 7.79. The number of allylic oxidation sites excluding steroid dienone is 4. The summed E-state index contributed by atoms with van der Waals surface area (Å²) in [6.07, 6.45) is 10.1. The van der Waals surface area contributed by atoms with Crippen molar-refractivity contribution in [2.45, 2.75) is 19.3 Å². The molecular formula is C15H16O. The first kappa shape index (κ1) is 10.9. The molecule has 0 saturated carbocycles. The molecule has 0 aliphatic heterocycles. The molecule has 0 radical (unpaired) electrons. The van der Waals surface area contributed by atoms with Crippen LogP contribution in [0.4, 0.5) is 0 Å². The summed E-state index contributed by atoms with van der Waals surface area (Å²) in [5.74, 6) is 0.306. The zero-order chi connectivity index (χ0) is 11.4. The van der Waals surface area contributed by atoms with Gasteiger partial charge in [0, 0.05) is 5.92 Å². The van der Waals surface area contributed by atoms with E-state index in [1.54, 1.807) is 0 Å². The highest BCUT2D eigenvalue weighted by Gasteiger charge is 2.24. The molecule has 0 unspecified atom stereocenters. The maximum Gasteiger partial charge on any atom is 0.133 e. The van der Waals surface area contributed by atoms with Gasteiger partial charge in [0.1, 0.15) is 6.29 Å². The SMILES string of the molecule is CCC1(C=O)C=CC(c2ccccc2)C=C1. The predicted molar refractivity (Wildman–Crippen MR) is 66.3 cm³/mol. The van der Waals surface area contributed by atoms with Gasteiger partial charge in [0.25, 0.3) is 0 Å². The zero-order valence-corrected chi connectivity index (χ0v) is 9.47. The Morgan fingerprint density at radius 1 is 1.19 bits per heavy atom. The summed E-state index contributed by atoms with van der Waals surface area (Å²) in [5.41, 5.74) is 0.899. The predicted octanol–water partition coefficient (Wildman–Crippen LogP) is 3.49. The minimum absolute atomic E-state index is 0.306. The lowest BCUT2D eigenvalue weighted by Gasteiger charge is -2.24. The zero-order valence-electron chi connectivity index (χ0n) is 9.47. The molecule has 1 aromatic carbocycles. The second-order valence-electron chi connectivity index (χ2n) is 4.24. The quantitative estimate of drug-likeness (QED) is 0.553. The van der Waals surface area contributed by atoms with E-state index in [2.05, 4.69) is 24.3 Å². The van der Waals surface area contributed by atoms with E-state index >= 15 is 0 Å². The number of carbonyl (C=O) groups excluding carboxylic acids is 1. The summed E-state index contributed by atoms with van der Waals surface area (Å²) >= 11 is 0. The minimum Gasteiger partial charge on any atom is -0.302 e. The normalized spacial score (nSPS) is 27.9. The van der Waals surface area contributed by atoms with Gasteiger partial charge in [-0.1, -0.05) is 61.6 Å². The summed E-state index contributed by atoms with van der Waals surface area (Å²) in [5, 5.41) is 0. The smallest absolute Gasteiger partial charge is 0.133 e. The molecule has 1 heteroatoms. The van der Waals surface area contributed by atoms with Crippen LogP contribution in [0.3, 0.4) is 0 Å². The van der Waals surface area contributed by atoms with E-state index in [0.717, 1.165) is 12.7 Å². The number of hydrogen-bond donors (Lipinski definition) is 0. The van der Waals surface area contributed by atoms with Crippen molar-refractivity contribution in [3.63, 3.8) is 0 Å². The summed E-state index contributed by atoms with van der Waals surface area (Å²) in [6.45, 7) is 2.03. The van der Waals surface area contributed by atoms with Crippen molar-refractivity contribution >= 4 is 6.29 Å². The van der Waals surface area contributed by atoms with Gasteiger partial charge in [0.05, 0.1) is 5.41 Å². The fourth-order valence-electron chi connectivity index (χ4n) is 1.98. The molecule has 1 aliphatic carbocycles. The topological polar surface area (TPSA) is 17.1 Å². The highest BCUT2D eigenvalue weighted by atomic mass is 16.1. The van der Waals surface area contributed by atoms with E-state index < -0.39 is 0 Å². The number of rotatable bonds is 3. The van der Waals surface area contributed by atoms with Gasteiger partial charge in [-0.05, 0) is 12.0 Å². The maximum absolute atomic E-state index is 11.1. The molecule has 1 aromatic rings. The molecule has 0 N–H and O–H groups in total. The van der Waals surface area contributed by atoms with Crippen LogP contribution in [0.5, 0.6) is 0 Å². The molecule has 2 rings (SSSR count). The number of benzene rings is 1. The second-order valence-corrected chi connectivity index (χ2v) is 4.24. The van der Waals surface area contributed by atoms with Crippen LogP contribution < -0.4 is 0 Å². The molecule has 0 aromatic heterocycles.